The second-order valence-electron chi connectivity index (χ2n) is 2.43. The van der Waals surface area contributed by atoms with Crippen LogP contribution in [-0.4, -0.2) is 31.1 Å². The molecule has 5 heteroatoms. The van der Waals surface area contributed by atoms with E-state index < -0.39 is 12.0 Å². The molecule has 0 aromatic heterocycles. The minimum atomic E-state index is -0.724. The zero-order valence-corrected chi connectivity index (χ0v) is 6.16. The van der Waals surface area contributed by atoms with Crippen molar-refractivity contribution in [3.8, 4) is 0 Å². The van der Waals surface area contributed by atoms with Gasteiger partial charge >= 0.3 is 5.97 Å². The summed E-state index contributed by atoms with van der Waals surface area (Å²) < 4.78 is 4.39. The van der Waals surface area contributed by atoms with E-state index in [-0.39, 0.29) is 11.9 Å². The van der Waals surface area contributed by atoms with Crippen LogP contribution in [0.1, 0.15) is 6.42 Å². The summed E-state index contributed by atoms with van der Waals surface area (Å²) in [5.41, 5.74) is 5.41. The van der Waals surface area contributed by atoms with Gasteiger partial charge in [0.1, 0.15) is 6.04 Å². The predicted molar refractivity (Wildman–Crippen MR) is 36.5 cm³/mol. The van der Waals surface area contributed by atoms with Crippen LogP contribution in [0.15, 0.2) is 0 Å². The molecule has 3 N–H and O–H groups in total. The normalized spacial score (nSPS) is 24.9. The number of amides is 1. The minimum absolute atomic E-state index is 0.0747. The summed E-state index contributed by atoms with van der Waals surface area (Å²) in [6, 6.07) is -0.965. The van der Waals surface area contributed by atoms with Gasteiger partial charge in [-0.2, -0.15) is 0 Å². The molecule has 0 bridgehead atoms. The Labute approximate surface area is 63.9 Å². The first-order valence-corrected chi connectivity index (χ1v) is 3.28. The van der Waals surface area contributed by atoms with Crippen molar-refractivity contribution < 1.29 is 14.3 Å². The highest BCUT2D eigenvalue weighted by Crippen LogP contribution is 2.07. The zero-order valence-electron chi connectivity index (χ0n) is 6.16. The third kappa shape index (κ3) is 1.48. The summed E-state index contributed by atoms with van der Waals surface area (Å²) >= 11 is 0. The molecule has 1 rings (SSSR count). The fraction of sp³-hybridized carbons (Fsp3) is 0.667. The van der Waals surface area contributed by atoms with E-state index in [1.165, 1.54) is 7.11 Å². The van der Waals surface area contributed by atoms with E-state index in [1.807, 2.05) is 0 Å². The lowest BCUT2D eigenvalue weighted by Crippen LogP contribution is -2.60. The number of rotatable bonds is 2. The third-order valence-corrected chi connectivity index (χ3v) is 1.66. The Morgan fingerprint density at radius 3 is 2.82 bits per heavy atom. The molecule has 11 heavy (non-hydrogen) atoms. The maximum absolute atomic E-state index is 10.8. The molecule has 0 aromatic rings. The van der Waals surface area contributed by atoms with Crippen molar-refractivity contribution in [3.05, 3.63) is 0 Å². The van der Waals surface area contributed by atoms with Crippen LogP contribution in [0.3, 0.4) is 0 Å². The number of β-lactam (4-membered cyclic amide) rings is 1. The van der Waals surface area contributed by atoms with Crippen LogP contribution in [-0.2, 0) is 14.3 Å². The van der Waals surface area contributed by atoms with Crippen molar-refractivity contribution in [3.63, 3.8) is 0 Å². The van der Waals surface area contributed by atoms with E-state index >= 15 is 0 Å². The van der Waals surface area contributed by atoms with Crippen molar-refractivity contribution in [2.24, 2.45) is 5.73 Å². The topological polar surface area (TPSA) is 81.4 Å². The number of carbonyl (C=O) groups is 2. The number of hydrogen-bond acceptors (Lipinski definition) is 4. The molecule has 0 aromatic carbocycles. The molecule has 5 nitrogen and oxygen atoms in total. The van der Waals surface area contributed by atoms with Crippen LogP contribution in [0.4, 0.5) is 0 Å². The Kier molecular flexibility index (Phi) is 2.09. The fourth-order valence-electron chi connectivity index (χ4n) is 0.902. The third-order valence-electron chi connectivity index (χ3n) is 1.66. The number of nitrogens with one attached hydrogen (secondary N) is 1. The lowest BCUT2D eigenvalue weighted by molar-refractivity contribution is -0.144. The smallest absolute Gasteiger partial charge is 0.324 e. The van der Waals surface area contributed by atoms with E-state index in [9.17, 15) is 9.59 Å². The van der Waals surface area contributed by atoms with Gasteiger partial charge in [-0.25, -0.2) is 0 Å². The standard InChI is InChI=1S/C6H10N2O3/c1-11-6(10)5(7)3-2-4(9)8-3/h3,5H,2,7H2,1H3,(H,8,9). The van der Waals surface area contributed by atoms with E-state index in [4.69, 9.17) is 5.73 Å². The van der Waals surface area contributed by atoms with Gasteiger partial charge in [-0.3, -0.25) is 9.59 Å². The predicted octanol–water partition coefficient (Wildman–Crippen LogP) is -1.62. The Balaban J connectivity index is 2.37. The average Bonchev–Trinajstić information content (AvgIpc) is 1.96. The summed E-state index contributed by atoms with van der Waals surface area (Å²) in [6.45, 7) is 0. The maximum atomic E-state index is 10.8. The SMILES string of the molecule is COC(=O)C(N)C1CC(=O)N1. The van der Waals surface area contributed by atoms with E-state index in [0.717, 1.165) is 0 Å². The molecule has 1 aliphatic rings. The summed E-state index contributed by atoms with van der Waals surface area (Å²) in [4.78, 5) is 21.2. The van der Waals surface area contributed by atoms with Crippen LogP contribution in [0.25, 0.3) is 0 Å². The lowest BCUT2D eigenvalue weighted by Gasteiger charge is -2.30. The van der Waals surface area contributed by atoms with Gasteiger partial charge in [0.25, 0.3) is 0 Å². The molecule has 1 fully saturated rings. The molecule has 1 aliphatic heterocycles. The quantitative estimate of drug-likeness (QED) is 0.373. The van der Waals surface area contributed by atoms with Gasteiger partial charge in [0.2, 0.25) is 5.91 Å². The number of ether oxygens (including phenoxy) is 1. The van der Waals surface area contributed by atoms with Crippen LogP contribution in [0.2, 0.25) is 0 Å². The summed E-state index contributed by atoms with van der Waals surface area (Å²) in [6.07, 6.45) is 0.316. The van der Waals surface area contributed by atoms with E-state index in [1.54, 1.807) is 0 Å². The highest BCUT2D eigenvalue weighted by Gasteiger charge is 2.35. The van der Waals surface area contributed by atoms with Crippen molar-refractivity contribution in [2.75, 3.05) is 7.11 Å². The Hall–Kier alpha value is -1.10. The van der Waals surface area contributed by atoms with Gasteiger partial charge in [-0.05, 0) is 0 Å². The minimum Gasteiger partial charge on any atom is -0.468 e. The van der Waals surface area contributed by atoms with Gasteiger partial charge < -0.3 is 15.8 Å². The Bertz CT molecular complexity index is 184. The molecular weight excluding hydrogens is 148 g/mol. The average molecular weight is 158 g/mol. The first-order valence-electron chi connectivity index (χ1n) is 3.28. The summed E-state index contributed by atoms with van der Waals surface area (Å²) in [7, 11) is 1.27. The fourth-order valence-corrected chi connectivity index (χ4v) is 0.902. The van der Waals surface area contributed by atoms with E-state index in [0.29, 0.717) is 6.42 Å². The molecule has 0 aliphatic carbocycles. The highest BCUT2D eigenvalue weighted by molar-refractivity contribution is 5.87. The first kappa shape index (κ1) is 8.00. The maximum Gasteiger partial charge on any atom is 0.324 e. The monoisotopic (exact) mass is 158 g/mol. The molecule has 0 radical (unpaired) electrons. The summed E-state index contributed by atoms with van der Waals surface area (Å²) in [5.74, 6) is -0.565. The lowest BCUT2D eigenvalue weighted by atomic mass is 9.99. The number of esters is 1. The van der Waals surface area contributed by atoms with Gasteiger partial charge in [-0.1, -0.05) is 0 Å². The zero-order chi connectivity index (χ0) is 8.43. The van der Waals surface area contributed by atoms with Crippen molar-refractivity contribution in [2.45, 2.75) is 18.5 Å². The van der Waals surface area contributed by atoms with Crippen LogP contribution in [0.5, 0.6) is 0 Å². The van der Waals surface area contributed by atoms with Gasteiger partial charge in [0.05, 0.1) is 13.2 Å². The number of nitrogens with two attached hydrogens (primary N) is 1. The summed E-state index contributed by atoms with van der Waals surface area (Å²) in [5, 5.41) is 2.49. The van der Waals surface area contributed by atoms with Gasteiger partial charge in [-0.15, -0.1) is 0 Å². The van der Waals surface area contributed by atoms with E-state index in [2.05, 4.69) is 10.1 Å². The molecule has 62 valence electrons. The first-order chi connectivity index (χ1) is 5.15. The molecule has 1 heterocycles. The Morgan fingerprint density at radius 2 is 2.45 bits per heavy atom. The van der Waals surface area contributed by atoms with Gasteiger partial charge in [0.15, 0.2) is 0 Å². The molecular formula is C6H10N2O3. The highest BCUT2D eigenvalue weighted by atomic mass is 16.5. The number of hydrogen-bond donors (Lipinski definition) is 2. The Morgan fingerprint density at radius 1 is 1.91 bits per heavy atom. The molecule has 0 spiro atoms. The van der Waals surface area contributed by atoms with Crippen LogP contribution in [0, 0.1) is 0 Å². The molecule has 2 unspecified atom stereocenters. The number of methoxy groups -OCH3 is 1. The van der Waals surface area contributed by atoms with Crippen LogP contribution < -0.4 is 11.1 Å². The van der Waals surface area contributed by atoms with Crippen LogP contribution >= 0.6 is 0 Å². The van der Waals surface area contributed by atoms with Crippen molar-refractivity contribution in [1.82, 2.24) is 5.32 Å². The second-order valence-corrected chi connectivity index (χ2v) is 2.43. The molecule has 0 saturated carbocycles. The van der Waals surface area contributed by atoms with Gasteiger partial charge in [0, 0.05) is 6.42 Å². The second kappa shape index (κ2) is 2.87. The number of carbonyl (C=O) groups excluding carboxylic acids is 2. The molecule has 1 amide bonds. The van der Waals surface area contributed by atoms with Crippen molar-refractivity contribution >= 4 is 11.9 Å². The molecule has 2 atom stereocenters. The van der Waals surface area contributed by atoms with Crippen molar-refractivity contribution in [1.29, 1.82) is 0 Å². The largest absolute Gasteiger partial charge is 0.468 e. The molecule has 1 saturated heterocycles.